The van der Waals surface area contributed by atoms with Crippen molar-refractivity contribution in [2.24, 2.45) is 0 Å². The lowest BCUT2D eigenvalue weighted by atomic mass is 10.1. The molecule has 0 aliphatic heterocycles. The molecular formula is C17H15NO2. The van der Waals surface area contributed by atoms with E-state index in [1.807, 2.05) is 42.5 Å². The van der Waals surface area contributed by atoms with Crippen molar-refractivity contribution in [1.82, 2.24) is 0 Å². The van der Waals surface area contributed by atoms with E-state index in [-0.39, 0.29) is 12.5 Å². The molecule has 0 saturated heterocycles. The Kier molecular flexibility index (Phi) is 4.94. The molecule has 0 heterocycles. The third kappa shape index (κ3) is 3.98. The van der Waals surface area contributed by atoms with E-state index in [0.29, 0.717) is 17.7 Å². The van der Waals surface area contributed by atoms with Crippen LogP contribution >= 0.6 is 0 Å². The van der Waals surface area contributed by atoms with Crippen LogP contribution in [0.5, 0.6) is 0 Å². The van der Waals surface area contributed by atoms with Gasteiger partial charge in [0, 0.05) is 23.2 Å². The Balaban J connectivity index is 2.09. The molecule has 0 spiro atoms. The van der Waals surface area contributed by atoms with Crippen LogP contribution in [0.3, 0.4) is 0 Å². The molecule has 0 bridgehead atoms. The van der Waals surface area contributed by atoms with Crippen LogP contribution in [0, 0.1) is 11.8 Å². The van der Waals surface area contributed by atoms with Crippen LogP contribution in [-0.2, 0) is 0 Å². The number of carbonyl (C=O) groups excluding carboxylic acids is 1. The average molecular weight is 265 g/mol. The van der Waals surface area contributed by atoms with Crippen molar-refractivity contribution in [1.29, 1.82) is 0 Å². The highest BCUT2D eigenvalue weighted by atomic mass is 16.2. The Hall–Kier alpha value is -2.57. The smallest absolute Gasteiger partial charge is 0.255 e. The zero-order chi connectivity index (χ0) is 14.2. The molecule has 100 valence electrons. The molecule has 1 amide bonds. The molecule has 2 aromatic rings. The average Bonchev–Trinajstić information content (AvgIpc) is 2.49. The fourth-order valence-corrected chi connectivity index (χ4v) is 1.69. The minimum absolute atomic E-state index is 0.0530. The van der Waals surface area contributed by atoms with E-state index >= 15 is 0 Å². The van der Waals surface area contributed by atoms with Gasteiger partial charge < -0.3 is 10.4 Å². The molecule has 0 atom stereocenters. The molecule has 0 fully saturated rings. The standard InChI is InChI=1S/C17H15NO2/c19-12-5-4-7-14-8-6-11-16(13-14)18-17(20)15-9-2-1-3-10-15/h1-3,6,8-11,13,19H,5,12H2,(H,18,20). The van der Waals surface area contributed by atoms with Gasteiger partial charge >= 0.3 is 0 Å². The Labute approximate surface area is 118 Å². The number of aliphatic hydroxyl groups is 1. The fourth-order valence-electron chi connectivity index (χ4n) is 1.69. The third-order valence-corrected chi connectivity index (χ3v) is 2.63. The Morgan fingerprint density at radius 2 is 1.90 bits per heavy atom. The van der Waals surface area contributed by atoms with Gasteiger partial charge in [-0.25, -0.2) is 0 Å². The summed E-state index contributed by atoms with van der Waals surface area (Å²) in [6.07, 6.45) is 0.445. The zero-order valence-electron chi connectivity index (χ0n) is 11.0. The van der Waals surface area contributed by atoms with Crippen LogP contribution in [0.1, 0.15) is 22.3 Å². The largest absolute Gasteiger partial charge is 0.395 e. The highest BCUT2D eigenvalue weighted by molar-refractivity contribution is 6.04. The highest BCUT2D eigenvalue weighted by Crippen LogP contribution is 2.11. The molecule has 2 aromatic carbocycles. The lowest BCUT2D eigenvalue weighted by molar-refractivity contribution is 0.102. The quantitative estimate of drug-likeness (QED) is 0.838. The van der Waals surface area contributed by atoms with Gasteiger partial charge in [0.2, 0.25) is 0 Å². The van der Waals surface area contributed by atoms with Crippen LogP contribution in [-0.4, -0.2) is 17.6 Å². The summed E-state index contributed by atoms with van der Waals surface area (Å²) in [7, 11) is 0. The maximum Gasteiger partial charge on any atom is 0.255 e. The van der Waals surface area contributed by atoms with E-state index in [0.717, 1.165) is 5.56 Å². The fraction of sp³-hybridized carbons (Fsp3) is 0.118. The van der Waals surface area contributed by atoms with Gasteiger partial charge in [0.15, 0.2) is 0 Å². The van der Waals surface area contributed by atoms with Crippen LogP contribution < -0.4 is 5.32 Å². The van der Waals surface area contributed by atoms with Crippen molar-refractivity contribution in [3.63, 3.8) is 0 Å². The van der Waals surface area contributed by atoms with Gasteiger partial charge in [-0.2, -0.15) is 0 Å². The summed E-state index contributed by atoms with van der Waals surface area (Å²) >= 11 is 0. The Morgan fingerprint density at radius 1 is 1.10 bits per heavy atom. The minimum atomic E-state index is -0.147. The molecule has 0 aliphatic carbocycles. The summed E-state index contributed by atoms with van der Waals surface area (Å²) in [5.74, 6) is 5.64. The maximum atomic E-state index is 12.0. The molecule has 2 N–H and O–H groups in total. The first-order valence-corrected chi connectivity index (χ1v) is 6.36. The van der Waals surface area contributed by atoms with E-state index in [1.54, 1.807) is 12.1 Å². The van der Waals surface area contributed by atoms with Crippen LogP contribution in [0.2, 0.25) is 0 Å². The summed E-state index contributed by atoms with van der Waals surface area (Å²) in [6, 6.07) is 16.4. The monoisotopic (exact) mass is 265 g/mol. The molecule has 0 saturated carbocycles. The normalized spacial score (nSPS) is 9.45. The molecule has 3 heteroatoms. The number of anilines is 1. The number of aliphatic hydroxyl groups excluding tert-OH is 1. The van der Waals surface area contributed by atoms with Crippen LogP contribution in [0.4, 0.5) is 5.69 Å². The summed E-state index contributed by atoms with van der Waals surface area (Å²) in [5, 5.41) is 11.5. The number of carbonyl (C=O) groups is 1. The molecule has 2 rings (SSSR count). The summed E-state index contributed by atoms with van der Waals surface area (Å²) in [4.78, 5) is 12.0. The van der Waals surface area contributed by atoms with Crippen molar-refractivity contribution in [2.45, 2.75) is 6.42 Å². The predicted molar refractivity (Wildman–Crippen MR) is 79.4 cm³/mol. The third-order valence-electron chi connectivity index (χ3n) is 2.63. The van der Waals surface area contributed by atoms with E-state index in [4.69, 9.17) is 5.11 Å². The van der Waals surface area contributed by atoms with Gasteiger partial charge in [-0.15, -0.1) is 0 Å². The van der Waals surface area contributed by atoms with Gasteiger partial charge in [-0.1, -0.05) is 36.1 Å². The lowest BCUT2D eigenvalue weighted by Gasteiger charge is -2.05. The predicted octanol–water partition coefficient (Wildman–Crippen LogP) is 2.67. The second-order valence-electron chi connectivity index (χ2n) is 4.18. The maximum absolute atomic E-state index is 12.0. The number of benzene rings is 2. The number of nitrogens with one attached hydrogen (secondary N) is 1. The Bertz CT molecular complexity index is 639. The highest BCUT2D eigenvalue weighted by Gasteiger charge is 2.04. The van der Waals surface area contributed by atoms with E-state index < -0.39 is 0 Å². The number of rotatable bonds is 3. The van der Waals surface area contributed by atoms with Crippen LogP contribution in [0.15, 0.2) is 54.6 Å². The second-order valence-corrected chi connectivity index (χ2v) is 4.18. The molecule has 20 heavy (non-hydrogen) atoms. The number of hydrogen-bond acceptors (Lipinski definition) is 2. The van der Waals surface area contributed by atoms with Crippen molar-refractivity contribution >= 4 is 11.6 Å². The van der Waals surface area contributed by atoms with Gasteiger partial charge in [-0.3, -0.25) is 4.79 Å². The van der Waals surface area contributed by atoms with Gasteiger partial charge in [0.1, 0.15) is 0 Å². The van der Waals surface area contributed by atoms with Gasteiger partial charge in [0.25, 0.3) is 5.91 Å². The summed E-state index contributed by atoms with van der Waals surface area (Å²) < 4.78 is 0. The zero-order valence-corrected chi connectivity index (χ0v) is 11.0. The first kappa shape index (κ1) is 13.9. The Morgan fingerprint density at radius 3 is 2.65 bits per heavy atom. The van der Waals surface area contributed by atoms with E-state index in [9.17, 15) is 4.79 Å². The summed E-state index contributed by atoms with van der Waals surface area (Å²) in [6.45, 7) is 0.0530. The van der Waals surface area contributed by atoms with Crippen molar-refractivity contribution in [2.75, 3.05) is 11.9 Å². The lowest BCUT2D eigenvalue weighted by Crippen LogP contribution is -2.11. The second kappa shape index (κ2) is 7.13. The first-order chi connectivity index (χ1) is 9.79. The van der Waals surface area contributed by atoms with Gasteiger partial charge in [0.05, 0.1) is 6.61 Å². The molecular weight excluding hydrogens is 250 g/mol. The van der Waals surface area contributed by atoms with Crippen LogP contribution in [0.25, 0.3) is 0 Å². The molecule has 0 aliphatic rings. The molecule has 0 unspecified atom stereocenters. The molecule has 0 radical (unpaired) electrons. The molecule has 3 nitrogen and oxygen atoms in total. The number of hydrogen-bond donors (Lipinski definition) is 2. The topological polar surface area (TPSA) is 49.3 Å². The van der Waals surface area contributed by atoms with Crippen molar-refractivity contribution < 1.29 is 9.90 Å². The SMILES string of the molecule is O=C(Nc1cccc(C#CCCO)c1)c1ccccc1. The van der Waals surface area contributed by atoms with E-state index in [2.05, 4.69) is 17.2 Å². The molecule has 0 aromatic heterocycles. The van der Waals surface area contributed by atoms with Crippen molar-refractivity contribution in [3.05, 3.63) is 65.7 Å². The first-order valence-electron chi connectivity index (χ1n) is 6.36. The minimum Gasteiger partial charge on any atom is -0.395 e. The van der Waals surface area contributed by atoms with Gasteiger partial charge in [-0.05, 0) is 30.3 Å². The summed E-state index contributed by atoms with van der Waals surface area (Å²) in [5.41, 5.74) is 2.13. The van der Waals surface area contributed by atoms with E-state index in [1.165, 1.54) is 0 Å². The number of amides is 1. The van der Waals surface area contributed by atoms with Crippen molar-refractivity contribution in [3.8, 4) is 11.8 Å².